The van der Waals surface area contributed by atoms with Crippen molar-refractivity contribution in [3.05, 3.63) is 82.2 Å². The summed E-state index contributed by atoms with van der Waals surface area (Å²) in [5, 5.41) is 3.09. The lowest BCUT2D eigenvalue weighted by Gasteiger charge is -2.25. The van der Waals surface area contributed by atoms with Gasteiger partial charge in [-0.05, 0) is 49.4 Å². The number of furan rings is 1. The predicted molar refractivity (Wildman–Crippen MR) is 113 cm³/mol. The minimum atomic E-state index is -4.07. The summed E-state index contributed by atoms with van der Waals surface area (Å²) in [4.78, 5) is 12.6. The van der Waals surface area contributed by atoms with Gasteiger partial charge < -0.3 is 9.73 Å². The molecule has 152 valence electrons. The van der Waals surface area contributed by atoms with Gasteiger partial charge in [0.2, 0.25) is 5.91 Å². The Balaban J connectivity index is 1.94. The standard InChI is InChI=1S/C20H18Cl2N2O4S/c1-14-4-7-17(8-5-14)29(26,27)24(19-11-15(21)6-9-18(19)22)13-20(25)23-12-16-3-2-10-28-16/h2-11H,12-13H2,1H3,(H,23,25). The summed E-state index contributed by atoms with van der Waals surface area (Å²) in [6.07, 6.45) is 1.49. The first-order valence-corrected chi connectivity index (χ1v) is 10.8. The molecule has 1 N–H and O–H groups in total. The van der Waals surface area contributed by atoms with Gasteiger partial charge in [0.15, 0.2) is 0 Å². The van der Waals surface area contributed by atoms with Crippen molar-refractivity contribution in [1.29, 1.82) is 0 Å². The fourth-order valence-corrected chi connectivity index (χ4v) is 4.47. The van der Waals surface area contributed by atoms with E-state index in [4.69, 9.17) is 27.6 Å². The Hall–Kier alpha value is -2.48. The third kappa shape index (κ3) is 5.12. The average molecular weight is 453 g/mol. The van der Waals surface area contributed by atoms with Crippen molar-refractivity contribution in [2.24, 2.45) is 0 Å². The maximum absolute atomic E-state index is 13.3. The molecule has 0 unspecified atom stereocenters. The van der Waals surface area contributed by atoms with Crippen molar-refractivity contribution in [3.63, 3.8) is 0 Å². The number of carbonyl (C=O) groups excluding carboxylic acids is 1. The number of nitrogens with one attached hydrogen (secondary N) is 1. The molecule has 0 radical (unpaired) electrons. The summed E-state index contributed by atoms with van der Waals surface area (Å²) >= 11 is 12.3. The minimum absolute atomic E-state index is 0.0398. The highest BCUT2D eigenvalue weighted by Gasteiger charge is 2.29. The molecule has 0 saturated carbocycles. The van der Waals surface area contributed by atoms with E-state index in [9.17, 15) is 13.2 Å². The number of aryl methyl sites for hydroxylation is 1. The van der Waals surface area contributed by atoms with E-state index < -0.39 is 22.5 Å². The monoisotopic (exact) mass is 452 g/mol. The van der Waals surface area contributed by atoms with Crippen LogP contribution in [0.3, 0.4) is 0 Å². The summed E-state index contributed by atoms with van der Waals surface area (Å²) in [7, 11) is -4.07. The first kappa shape index (κ1) is 21.2. The number of nitrogens with zero attached hydrogens (tertiary/aromatic N) is 1. The van der Waals surface area contributed by atoms with Crippen molar-refractivity contribution in [3.8, 4) is 0 Å². The molecular weight excluding hydrogens is 435 g/mol. The summed E-state index contributed by atoms with van der Waals surface area (Å²) in [6.45, 7) is 1.51. The molecule has 0 bridgehead atoms. The lowest BCUT2D eigenvalue weighted by Crippen LogP contribution is -2.40. The quantitative estimate of drug-likeness (QED) is 0.575. The van der Waals surface area contributed by atoms with Crippen LogP contribution in [0.2, 0.25) is 10.0 Å². The van der Waals surface area contributed by atoms with E-state index in [1.807, 2.05) is 6.92 Å². The van der Waals surface area contributed by atoms with Crippen LogP contribution in [0, 0.1) is 6.92 Å². The zero-order valence-corrected chi connectivity index (χ0v) is 17.8. The Morgan fingerprint density at radius 2 is 1.83 bits per heavy atom. The molecule has 0 aliphatic heterocycles. The number of carbonyl (C=O) groups is 1. The van der Waals surface area contributed by atoms with E-state index in [1.165, 1.54) is 30.5 Å². The number of halogens is 2. The summed E-state index contributed by atoms with van der Waals surface area (Å²) in [6, 6.07) is 14.2. The van der Waals surface area contributed by atoms with Crippen LogP contribution in [0.25, 0.3) is 0 Å². The number of rotatable bonds is 7. The molecule has 2 aromatic carbocycles. The van der Waals surface area contributed by atoms with Crippen molar-refractivity contribution < 1.29 is 17.6 Å². The van der Waals surface area contributed by atoms with E-state index in [-0.39, 0.29) is 22.2 Å². The third-order valence-electron chi connectivity index (χ3n) is 4.11. The largest absolute Gasteiger partial charge is 0.467 e. The van der Waals surface area contributed by atoms with Gasteiger partial charge >= 0.3 is 0 Å². The highest BCUT2D eigenvalue weighted by Crippen LogP contribution is 2.33. The van der Waals surface area contributed by atoms with Gasteiger partial charge in [-0.2, -0.15) is 0 Å². The molecule has 1 aromatic heterocycles. The smallest absolute Gasteiger partial charge is 0.264 e. The average Bonchev–Trinajstić information content (AvgIpc) is 3.20. The first-order chi connectivity index (χ1) is 13.8. The highest BCUT2D eigenvalue weighted by molar-refractivity contribution is 7.92. The SMILES string of the molecule is Cc1ccc(S(=O)(=O)N(CC(=O)NCc2ccco2)c2cc(Cl)ccc2Cl)cc1. The predicted octanol–water partition coefficient (Wildman–Crippen LogP) is 4.41. The molecule has 0 fully saturated rings. The minimum Gasteiger partial charge on any atom is -0.467 e. The molecule has 6 nitrogen and oxygen atoms in total. The number of hydrogen-bond donors (Lipinski definition) is 1. The molecule has 1 heterocycles. The van der Waals surface area contributed by atoms with E-state index in [2.05, 4.69) is 5.32 Å². The molecule has 0 atom stereocenters. The molecule has 0 aliphatic carbocycles. The molecule has 3 aromatic rings. The molecule has 1 amide bonds. The fourth-order valence-electron chi connectivity index (χ4n) is 2.60. The summed E-state index contributed by atoms with van der Waals surface area (Å²) in [5.74, 6) is 0.0280. The van der Waals surface area contributed by atoms with Gasteiger partial charge in [-0.25, -0.2) is 8.42 Å². The topological polar surface area (TPSA) is 79.6 Å². The lowest BCUT2D eigenvalue weighted by atomic mass is 10.2. The van der Waals surface area contributed by atoms with Gasteiger partial charge in [0.05, 0.1) is 28.4 Å². The normalized spacial score (nSPS) is 11.3. The van der Waals surface area contributed by atoms with E-state index >= 15 is 0 Å². The van der Waals surface area contributed by atoms with E-state index in [0.29, 0.717) is 10.8 Å². The Kier molecular flexibility index (Phi) is 6.52. The van der Waals surface area contributed by atoms with E-state index in [0.717, 1.165) is 9.87 Å². The molecule has 29 heavy (non-hydrogen) atoms. The Morgan fingerprint density at radius 3 is 2.48 bits per heavy atom. The maximum Gasteiger partial charge on any atom is 0.264 e. The van der Waals surface area contributed by atoms with Gasteiger partial charge in [0.25, 0.3) is 10.0 Å². The second-order valence-electron chi connectivity index (χ2n) is 6.28. The molecule has 0 aliphatic rings. The number of hydrogen-bond acceptors (Lipinski definition) is 4. The second kappa shape index (κ2) is 8.90. The zero-order valence-electron chi connectivity index (χ0n) is 15.4. The molecular formula is C20H18Cl2N2O4S. The number of sulfonamides is 1. The van der Waals surface area contributed by atoms with Crippen LogP contribution < -0.4 is 9.62 Å². The van der Waals surface area contributed by atoms with E-state index in [1.54, 1.807) is 30.3 Å². The van der Waals surface area contributed by atoms with Crippen LogP contribution in [0.5, 0.6) is 0 Å². The van der Waals surface area contributed by atoms with Gasteiger partial charge in [0, 0.05) is 5.02 Å². The Morgan fingerprint density at radius 1 is 1.10 bits per heavy atom. The van der Waals surface area contributed by atoms with Crippen LogP contribution in [-0.4, -0.2) is 20.9 Å². The van der Waals surface area contributed by atoms with Crippen LogP contribution in [0.1, 0.15) is 11.3 Å². The molecule has 0 saturated heterocycles. The molecule has 9 heteroatoms. The van der Waals surface area contributed by atoms with Gasteiger partial charge in [-0.1, -0.05) is 40.9 Å². The summed E-state index contributed by atoms with van der Waals surface area (Å²) in [5.41, 5.74) is 1.03. The van der Waals surface area contributed by atoms with Crippen LogP contribution >= 0.6 is 23.2 Å². The summed E-state index contributed by atoms with van der Waals surface area (Å²) < 4.78 is 32.7. The van der Waals surface area contributed by atoms with Crippen LogP contribution in [0.15, 0.2) is 70.2 Å². The third-order valence-corrected chi connectivity index (χ3v) is 6.44. The van der Waals surface area contributed by atoms with Gasteiger partial charge in [-0.15, -0.1) is 0 Å². The fraction of sp³-hybridized carbons (Fsp3) is 0.150. The van der Waals surface area contributed by atoms with Gasteiger partial charge in [-0.3, -0.25) is 9.10 Å². The van der Waals surface area contributed by atoms with Crippen molar-refractivity contribution >= 4 is 44.8 Å². The van der Waals surface area contributed by atoms with Crippen molar-refractivity contribution in [2.45, 2.75) is 18.4 Å². The van der Waals surface area contributed by atoms with Crippen LogP contribution in [0.4, 0.5) is 5.69 Å². The maximum atomic E-state index is 13.3. The Labute approximate surface area is 179 Å². The number of anilines is 1. The van der Waals surface area contributed by atoms with Crippen LogP contribution in [-0.2, 0) is 21.4 Å². The molecule has 0 spiro atoms. The lowest BCUT2D eigenvalue weighted by molar-refractivity contribution is -0.119. The zero-order chi connectivity index (χ0) is 21.0. The first-order valence-electron chi connectivity index (χ1n) is 8.61. The Bertz CT molecular complexity index is 1100. The van der Waals surface area contributed by atoms with Crippen molar-refractivity contribution in [2.75, 3.05) is 10.8 Å². The molecule has 3 rings (SSSR count). The second-order valence-corrected chi connectivity index (χ2v) is 8.98. The highest BCUT2D eigenvalue weighted by atomic mass is 35.5. The number of benzene rings is 2. The van der Waals surface area contributed by atoms with Crippen molar-refractivity contribution in [1.82, 2.24) is 5.32 Å². The number of amides is 1. The van der Waals surface area contributed by atoms with Gasteiger partial charge in [0.1, 0.15) is 12.3 Å².